The van der Waals surface area contributed by atoms with Crippen LogP contribution in [-0.4, -0.2) is 34.3 Å². The van der Waals surface area contributed by atoms with Gasteiger partial charge < -0.3 is 10.6 Å². The summed E-state index contributed by atoms with van der Waals surface area (Å²) in [5.41, 5.74) is 1.23. The zero-order valence-corrected chi connectivity index (χ0v) is 14.6. The smallest absolute Gasteiger partial charge is 0.191 e. The molecular weight excluding hydrogens is 379 g/mol. The molecule has 21 heavy (non-hydrogen) atoms. The summed E-state index contributed by atoms with van der Waals surface area (Å²) >= 11 is 0. The van der Waals surface area contributed by atoms with Crippen molar-refractivity contribution in [2.24, 2.45) is 4.99 Å². The van der Waals surface area contributed by atoms with Crippen molar-refractivity contribution in [1.82, 2.24) is 25.4 Å². The van der Waals surface area contributed by atoms with Crippen molar-refractivity contribution in [3.8, 4) is 0 Å². The Labute approximate surface area is 142 Å². The Bertz CT molecular complexity index is 526. The molecule has 0 amide bonds. The topological polar surface area (TPSA) is 67.1 Å². The Kier molecular flexibility index (Phi) is 7.73. The second-order valence-corrected chi connectivity index (χ2v) is 4.43. The predicted octanol–water partition coefficient (Wildman–Crippen LogP) is 1.82. The lowest BCUT2D eigenvalue weighted by Crippen LogP contribution is -2.40. The molecule has 0 saturated carbocycles. The number of rotatable bonds is 5. The van der Waals surface area contributed by atoms with Gasteiger partial charge in [-0.3, -0.25) is 9.67 Å². The highest BCUT2D eigenvalue weighted by molar-refractivity contribution is 14.0. The van der Waals surface area contributed by atoms with Crippen LogP contribution in [0.3, 0.4) is 0 Å². The number of aromatic nitrogens is 3. The molecule has 1 heterocycles. The summed E-state index contributed by atoms with van der Waals surface area (Å²) < 4.78 is 1.78. The van der Waals surface area contributed by atoms with E-state index in [1.165, 1.54) is 11.9 Å². The van der Waals surface area contributed by atoms with E-state index in [1.54, 1.807) is 18.1 Å². The Morgan fingerprint density at radius 1 is 1.33 bits per heavy atom. The van der Waals surface area contributed by atoms with Gasteiger partial charge in [0.15, 0.2) is 5.96 Å². The van der Waals surface area contributed by atoms with Gasteiger partial charge in [0.2, 0.25) is 0 Å². The van der Waals surface area contributed by atoms with Gasteiger partial charge in [-0.15, -0.1) is 24.0 Å². The highest BCUT2D eigenvalue weighted by Crippen LogP contribution is 2.10. The van der Waals surface area contributed by atoms with E-state index in [2.05, 4.69) is 44.8 Å². The number of benzene rings is 1. The number of hydrogen-bond donors (Lipinski definition) is 2. The molecule has 0 radical (unpaired) electrons. The quantitative estimate of drug-likeness (QED) is 0.457. The van der Waals surface area contributed by atoms with Crippen molar-refractivity contribution in [2.45, 2.75) is 19.5 Å². The van der Waals surface area contributed by atoms with Crippen molar-refractivity contribution >= 4 is 29.9 Å². The highest BCUT2D eigenvalue weighted by atomic mass is 127. The van der Waals surface area contributed by atoms with E-state index in [0.29, 0.717) is 0 Å². The summed E-state index contributed by atoms with van der Waals surface area (Å²) in [5.74, 6) is 0.779. The number of nitrogens with zero attached hydrogens (tertiary/aromatic N) is 4. The number of halogens is 1. The zero-order valence-electron chi connectivity index (χ0n) is 12.2. The van der Waals surface area contributed by atoms with E-state index >= 15 is 0 Å². The minimum atomic E-state index is 0. The third-order valence-electron chi connectivity index (χ3n) is 2.98. The first-order valence-electron chi connectivity index (χ1n) is 6.64. The molecule has 0 saturated heterocycles. The van der Waals surface area contributed by atoms with Crippen LogP contribution >= 0.6 is 24.0 Å². The maximum atomic E-state index is 4.22. The Balaban J connectivity index is 0.00000220. The van der Waals surface area contributed by atoms with E-state index in [0.717, 1.165) is 19.0 Å². The first kappa shape index (κ1) is 17.4. The molecule has 0 aliphatic rings. The monoisotopic (exact) mass is 400 g/mol. The zero-order chi connectivity index (χ0) is 14.2. The molecule has 1 atom stereocenters. The molecule has 114 valence electrons. The van der Waals surface area contributed by atoms with E-state index in [4.69, 9.17) is 0 Å². The van der Waals surface area contributed by atoms with Gasteiger partial charge in [-0.05, 0) is 12.5 Å². The van der Waals surface area contributed by atoms with Gasteiger partial charge in [0, 0.05) is 13.6 Å². The SMILES string of the molecule is CN=C(NCCn1cncn1)NC(C)c1ccccc1.I. The van der Waals surface area contributed by atoms with Gasteiger partial charge in [-0.25, -0.2) is 4.98 Å². The number of nitrogens with one attached hydrogen (secondary N) is 2. The van der Waals surface area contributed by atoms with Gasteiger partial charge >= 0.3 is 0 Å². The van der Waals surface area contributed by atoms with Crippen molar-refractivity contribution in [1.29, 1.82) is 0 Å². The fourth-order valence-corrected chi connectivity index (χ4v) is 1.86. The Hall–Kier alpha value is -1.64. The molecule has 1 unspecified atom stereocenters. The third-order valence-corrected chi connectivity index (χ3v) is 2.98. The maximum absolute atomic E-state index is 4.22. The molecule has 0 aliphatic heterocycles. The molecule has 0 spiro atoms. The molecular formula is C14H21IN6. The largest absolute Gasteiger partial charge is 0.355 e. The summed E-state index contributed by atoms with van der Waals surface area (Å²) in [6.45, 7) is 3.60. The molecule has 6 nitrogen and oxygen atoms in total. The number of hydrogen-bond acceptors (Lipinski definition) is 3. The van der Waals surface area contributed by atoms with Gasteiger partial charge in [0.05, 0.1) is 12.6 Å². The number of aliphatic imine (C=N–C) groups is 1. The third kappa shape index (κ3) is 5.70. The summed E-state index contributed by atoms with van der Waals surface area (Å²) in [7, 11) is 1.77. The standard InChI is InChI=1S/C14H20N6.HI/c1-12(13-6-4-3-5-7-13)19-14(15-2)17-8-9-20-11-16-10-18-20;/h3-7,10-12H,8-9H2,1-2H3,(H2,15,17,19);1H. The van der Waals surface area contributed by atoms with Gasteiger partial charge in [-0.1, -0.05) is 30.3 Å². The van der Waals surface area contributed by atoms with Crippen LogP contribution in [-0.2, 0) is 6.54 Å². The summed E-state index contributed by atoms with van der Waals surface area (Å²) in [4.78, 5) is 8.13. The fraction of sp³-hybridized carbons (Fsp3) is 0.357. The predicted molar refractivity (Wildman–Crippen MR) is 94.8 cm³/mol. The van der Waals surface area contributed by atoms with Crippen LogP contribution in [0.1, 0.15) is 18.5 Å². The normalized spacial score (nSPS) is 12.4. The van der Waals surface area contributed by atoms with Crippen LogP contribution in [0.4, 0.5) is 0 Å². The van der Waals surface area contributed by atoms with Crippen LogP contribution in [0, 0.1) is 0 Å². The van der Waals surface area contributed by atoms with Crippen molar-refractivity contribution < 1.29 is 0 Å². The summed E-state index contributed by atoms with van der Waals surface area (Å²) in [6, 6.07) is 10.5. The second-order valence-electron chi connectivity index (χ2n) is 4.43. The molecule has 1 aromatic carbocycles. The summed E-state index contributed by atoms with van der Waals surface area (Å²) in [5, 5.41) is 10.7. The molecule has 2 aromatic rings. The lowest BCUT2D eigenvalue weighted by Gasteiger charge is -2.18. The van der Waals surface area contributed by atoms with E-state index < -0.39 is 0 Å². The van der Waals surface area contributed by atoms with Crippen molar-refractivity contribution in [2.75, 3.05) is 13.6 Å². The first-order chi connectivity index (χ1) is 9.79. The molecule has 2 N–H and O–H groups in total. The lowest BCUT2D eigenvalue weighted by molar-refractivity contribution is 0.590. The van der Waals surface area contributed by atoms with Gasteiger partial charge in [-0.2, -0.15) is 5.10 Å². The Morgan fingerprint density at radius 2 is 2.10 bits per heavy atom. The maximum Gasteiger partial charge on any atom is 0.191 e. The van der Waals surface area contributed by atoms with E-state index in [-0.39, 0.29) is 30.0 Å². The van der Waals surface area contributed by atoms with Crippen LogP contribution in [0.5, 0.6) is 0 Å². The number of guanidine groups is 1. The summed E-state index contributed by atoms with van der Waals surface area (Å²) in [6.07, 6.45) is 3.23. The van der Waals surface area contributed by atoms with E-state index in [1.807, 2.05) is 18.2 Å². The van der Waals surface area contributed by atoms with Crippen LogP contribution in [0.2, 0.25) is 0 Å². The average molecular weight is 400 g/mol. The minimum Gasteiger partial charge on any atom is -0.355 e. The molecule has 7 heteroatoms. The highest BCUT2D eigenvalue weighted by Gasteiger charge is 2.06. The first-order valence-corrected chi connectivity index (χ1v) is 6.64. The lowest BCUT2D eigenvalue weighted by atomic mass is 10.1. The minimum absolute atomic E-state index is 0. The molecule has 0 aliphatic carbocycles. The van der Waals surface area contributed by atoms with Crippen molar-refractivity contribution in [3.63, 3.8) is 0 Å². The Morgan fingerprint density at radius 3 is 2.71 bits per heavy atom. The average Bonchev–Trinajstić information content (AvgIpc) is 3.00. The molecule has 2 rings (SSSR count). The van der Waals surface area contributed by atoms with Gasteiger partial charge in [0.25, 0.3) is 0 Å². The van der Waals surface area contributed by atoms with Crippen molar-refractivity contribution in [3.05, 3.63) is 48.5 Å². The van der Waals surface area contributed by atoms with Gasteiger partial charge in [0.1, 0.15) is 12.7 Å². The fourth-order valence-electron chi connectivity index (χ4n) is 1.86. The van der Waals surface area contributed by atoms with Crippen LogP contribution < -0.4 is 10.6 Å². The van der Waals surface area contributed by atoms with Crippen LogP contribution in [0.15, 0.2) is 48.0 Å². The molecule has 1 aromatic heterocycles. The molecule has 0 fully saturated rings. The van der Waals surface area contributed by atoms with E-state index in [9.17, 15) is 0 Å². The van der Waals surface area contributed by atoms with Crippen LogP contribution in [0.25, 0.3) is 0 Å². The molecule has 0 bridgehead atoms. The second kappa shape index (κ2) is 9.32.